The van der Waals surface area contributed by atoms with E-state index in [1.165, 1.54) is 57.8 Å². The molecule has 2 radical (unpaired) electrons. The minimum Gasteiger partial charge on any atom is -0.264 e. The number of hydrogen-bond donors (Lipinski definition) is 1. The molecule has 0 rings (SSSR count). The minimum atomic E-state index is -4.24. The molecule has 0 aromatic carbocycles. The topological polar surface area (TPSA) is 63.6 Å². The molecular formula is C14H30MgO4S. The minimum absolute atomic E-state index is 0. The molecule has 0 aliphatic carbocycles. The van der Waals surface area contributed by atoms with Gasteiger partial charge in [-0.2, -0.15) is 8.42 Å². The van der Waals surface area contributed by atoms with E-state index in [0.717, 1.165) is 12.8 Å². The Morgan fingerprint density at radius 2 is 1.10 bits per heavy atom. The molecule has 0 unspecified atom stereocenters. The molecule has 0 aromatic rings. The van der Waals surface area contributed by atoms with Crippen molar-refractivity contribution in [1.29, 1.82) is 0 Å². The first-order valence-corrected chi connectivity index (χ1v) is 9.04. The summed E-state index contributed by atoms with van der Waals surface area (Å²) in [5.74, 6) is 0. The Morgan fingerprint density at radius 3 is 1.45 bits per heavy atom. The molecule has 6 heteroatoms. The van der Waals surface area contributed by atoms with E-state index >= 15 is 0 Å². The molecule has 20 heavy (non-hydrogen) atoms. The highest BCUT2D eigenvalue weighted by molar-refractivity contribution is 7.80. The molecule has 0 amide bonds. The Balaban J connectivity index is 0. The molecule has 0 fully saturated rings. The van der Waals surface area contributed by atoms with Gasteiger partial charge in [-0.15, -0.1) is 0 Å². The number of unbranched alkanes of at least 4 members (excludes halogenated alkanes) is 11. The van der Waals surface area contributed by atoms with E-state index in [9.17, 15) is 8.42 Å². The predicted molar refractivity (Wildman–Crippen MR) is 84.3 cm³/mol. The zero-order chi connectivity index (χ0) is 14.4. The Morgan fingerprint density at radius 1 is 0.750 bits per heavy atom. The van der Waals surface area contributed by atoms with E-state index in [-0.39, 0.29) is 29.7 Å². The molecule has 0 aromatic heterocycles. The molecule has 4 nitrogen and oxygen atoms in total. The van der Waals surface area contributed by atoms with Crippen molar-refractivity contribution in [2.75, 3.05) is 6.61 Å². The van der Waals surface area contributed by atoms with Crippen LogP contribution in [-0.2, 0) is 14.6 Å². The van der Waals surface area contributed by atoms with Gasteiger partial charge < -0.3 is 0 Å². The van der Waals surface area contributed by atoms with Gasteiger partial charge in [-0.1, -0.05) is 77.6 Å². The van der Waals surface area contributed by atoms with Crippen molar-refractivity contribution in [3.8, 4) is 0 Å². The first-order valence-electron chi connectivity index (χ1n) is 7.68. The van der Waals surface area contributed by atoms with Crippen molar-refractivity contribution in [1.82, 2.24) is 0 Å². The molecule has 0 heterocycles. The summed E-state index contributed by atoms with van der Waals surface area (Å²) in [4.78, 5) is 0. The first-order chi connectivity index (χ1) is 9.06. The predicted octanol–water partition coefficient (Wildman–Crippen LogP) is 4.13. The molecule has 0 atom stereocenters. The molecule has 0 bridgehead atoms. The van der Waals surface area contributed by atoms with Gasteiger partial charge in [0.15, 0.2) is 0 Å². The standard InChI is InChI=1S/C14H30O4S.Mg/c1-2-3-4-5-6-7-8-9-10-11-12-13-14-18-19(15,16)17;/h2-14H2,1H3,(H,15,16,17);. The summed E-state index contributed by atoms with van der Waals surface area (Å²) in [7, 11) is -4.24. The van der Waals surface area contributed by atoms with Crippen molar-refractivity contribution in [3.63, 3.8) is 0 Å². The van der Waals surface area contributed by atoms with Crippen LogP contribution in [0.15, 0.2) is 0 Å². The van der Waals surface area contributed by atoms with Crippen LogP contribution in [0.2, 0.25) is 0 Å². The van der Waals surface area contributed by atoms with Gasteiger partial charge in [0, 0.05) is 23.1 Å². The van der Waals surface area contributed by atoms with Crippen LogP contribution in [0.3, 0.4) is 0 Å². The van der Waals surface area contributed by atoms with E-state index < -0.39 is 10.4 Å². The lowest BCUT2D eigenvalue weighted by Gasteiger charge is -2.02. The van der Waals surface area contributed by atoms with Crippen molar-refractivity contribution in [2.45, 2.75) is 84.0 Å². The molecule has 0 aliphatic rings. The van der Waals surface area contributed by atoms with Gasteiger partial charge in [0.25, 0.3) is 0 Å². The molecule has 0 aliphatic heterocycles. The summed E-state index contributed by atoms with van der Waals surface area (Å²) in [6.07, 6.45) is 14.7. The lowest BCUT2D eigenvalue weighted by atomic mass is 10.1. The fourth-order valence-electron chi connectivity index (χ4n) is 2.11. The molecule has 0 saturated carbocycles. The highest BCUT2D eigenvalue weighted by atomic mass is 32.3. The maximum Gasteiger partial charge on any atom is 0.397 e. The van der Waals surface area contributed by atoms with E-state index in [0.29, 0.717) is 6.42 Å². The third-order valence-electron chi connectivity index (χ3n) is 3.23. The Labute approximate surface area is 141 Å². The highest BCUT2D eigenvalue weighted by Crippen LogP contribution is 2.11. The smallest absolute Gasteiger partial charge is 0.264 e. The molecule has 1 N–H and O–H groups in total. The highest BCUT2D eigenvalue weighted by Gasteiger charge is 2.02. The largest absolute Gasteiger partial charge is 0.397 e. The summed E-state index contributed by atoms with van der Waals surface area (Å²) in [6, 6.07) is 0. The Bertz CT molecular complexity index is 281. The third kappa shape index (κ3) is 20.9. The monoisotopic (exact) mass is 318 g/mol. The fraction of sp³-hybridized carbons (Fsp3) is 1.00. The fourth-order valence-corrected chi connectivity index (χ4v) is 2.44. The molecule has 118 valence electrons. The zero-order valence-corrected chi connectivity index (χ0v) is 15.2. The van der Waals surface area contributed by atoms with Crippen molar-refractivity contribution in [3.05, 3.63) is 0 Å². The van der Waals surface area contributed by atoms with Crippen LogP contribution in [0, 0.1) is 0 Å². The van der Waals surface area contributed by atoms with Crippen molar-refractivity contribution >= 4 is 33.5 Å². The van der Waals surface area contributed by atoms with Crippen LogP contribution in [0.25, 0.3) is 0 Å². The van der Waals surface area contributed by atoms with E-state index in [1.54, 1.807) is 0 Å². The van der Waals surface area contributed by atoms with Crippen LogP contribution >= 0.6 is 0 Å². The average Bonchev–Trinajstić information content (AvgIpc) is 2.34. The summed E-state index contributed by atoms with van der Waals surface area (Å²) >= 11 is 0. The number of rotatable bonds is 14. The van der Waals surface area contributed by atoms with Crippen LogP contribution < -0.4 is 0 Å². The lowest BCUT2D eigenvalue weighted by Crippen LogP contribution is -2.04. The maximum absolute atomic E-state index is 10.3. The SMILES string of the molecule is CCCCCCCCCCCCCCOS(=O)(=O)O.[Mg]. The van der Waals surface area contributed by atoms with Gasteiger partial charge in [0.05, 0.1) is 6.61 Å². The van der Waals surface area contributed by atoms with Crippen LogP contribution in [0.5, 0.6) is 0 Å². The van der Waals surface area contributed by atoms with Gasteiger partial charge in [-0.05, 0) is 6.42 Å². The second kappa shape index (κ2) is 16.0. The van der Waals surface area contributed by atoms with Crippen LogP contribution in [0.4, 0.5) is 0 Å². The van der Waals surface area contributed by atoms with Crippen molar-refractivity contribution in [2.24, 2.45) is 0 Å². The van der Waals surface area contributed by atoms with E-state index in [1.807, 2.05) is 0 Å². The van der Waals surface area contributed by atoms with E-state index in [4.69, 9.17) is 4.55 Å². The van der Waals surface area contributed by atoms with Gasteiger partial charge >= 0.3 is 10.4 Å². The molecule has 0 spiro atoms. The van der Waals surface area contributed by atoms with E-state index in [2.05, 4.69) is 11.1 Å². The summed E-state index contributed by atoms with van der Waals surface area (Å²) < 4.78 is 33.1. The summed E-state index contributed by atoms with van der Waals surface area (Å²) in [5, 5.41) is 0. The summed E-state index contributed by atoms with van der Waals surface area (Å²) in [5.41, 5.74) is 0. The van der Waals surface area contributed by atoms with Gasteiger partial charge in [0.2, 0.25) is 0 Å². The first kappa shape index (κ1) is 22.9. The molecule has 0 saturated heterocycles. The molecular weight excluding hydrogens is 289 g/mol. The zero-order valence-electron chi connectivity index (χ0n) is 13.0. The maximum atomic E-state index is 10.3. The normalized spacial score (nSPS) is 11.3. The lowest BCUT2D eigenvalue weighted by molar-refractivity contribution is 0.261. The van der Waals surface area contributed by atoms with Crippen molar-refractivity contribution < 1.29 is 17.2 Å². The van der Waals surface area contributed by atoms with Gasteiger partial charge in [-0.3, -0.25) is 4.55 Å². The Kier molecular flexibility index (Phi) is 18.3. The van der Waals surface area contributed by atoms with Crippen LogP contribution in [-0.4, -0.2) is 42.6 Å². The number of hydrogen-bond acceptors (Lipinski definition) is 3. The second-order valence-electron chi connectivity index (χ2n) is 5.14. The Hall–Kier alpha value is 0.636. The quantitative estimate of drug-likeness (QED) is 0.297. The van der Waals surface area contributed by atoms with Crippen LogP contribution in [0.1, 0.15) is 84.0 Å². The third-order valence-corrected chi connectivity index (χ3v) is 3.69. The van der Waals surface area contributed by atoms with Gasteiger partial charge in [0.1, 0.15) is 0 Å². The average molecular weight is 319 g/mol. The van der Waals surface area contributed by atoms with Gasteiger partial charge in [-0.25, -0.2) is 4.18 Å². The summed E-state index contributed by atoms with van der Waals surface area (Å²) in [6.45, 7) is 2.33. The second-order valence-corrected chi connectivity index (χ2v) is 6.23.